The average Bonchev–Trinajstić information content (AvgIpc) is 2.70. The summed E-state index contributed by atoms with van der Waals surface area (Å²) in [5.74, 6) is 0.963. The number of carbonyl (C=O) groups is 2. The van der Waals surface area contributed by atoms with Crippen LogP contribution in [-0.2, 0) is 9.53 Å². The Labute approximate surface area is 141 Å². The number of rotatable bonds is 4. The van der Waals surface area contributed by atoms with E-state index >= 15 is 0 Å². The van der Waals surface area contributed by atoms with Crippen LogP contribution in [0.25, 0.3) is 0 Å². The largest absolute Gasteiger partial charge is 0.351 e. The van der Waals surface area contributed by atoms with Crippen molar-refractivity contribution >= 4 is 19.4 Å². The molecule has 1 heterocycles. The van der Waals surface area contributed by atoms with Crippen molar-refractivity contribution in [1.29, 1.82) is 0 Å². The minimum absolute atomic E-state index is 0.00513. The van der Waals surface area contributed by atoms with Gasteiger partial charge in [0.2, 0.25) is 7.85 Å². The van der Waals surface area contributed by atoms with Crippen LogP contribution in [0.4, 0.5) is 4.79 Å². The zero-order valence-electron chi connectivity index (χ0n) is 15.2. The summed E-state index contributed by atoms with van der Waals surface area (Å²) in [6, 6.07) is -0.00513. The number of ether oxygens (including phenoxy) is 1. The lowest BCUT2D eigenvalue weighted by Crippen LogP contribution is -2.47. The highest BCUT2D eigenvalue weighted by Gasteiger charge is 2.48. The molecule has 4 nitrogen and oxygen atoms in total. The van der Waals surface area contributed by atoms with Gasteiger partial charge in [-0.05, 0) is 58.3 Å². The lowest BCUT2D eigenvalue weighted by atomic mass is 9.70. The lowest BCUT2D eigenvalue weighted by molar-refractivity contribution is -0.125. The van der Waals surface area contributed by atoms with Gasteiger partial charge in [0.15, 0.2) is 5.81 Å². The second-order valence-electron chi connectivity index (χ2n) is 7.92. The standard InChI is InChI=1S/C18H30BNO3/c1-6-15-16(23-18(4,5)20(15)17(19)22)10-13-8-7-11(2)9-14(13)12(3)21/h11,13-16H,6-10H2,1-5H3/t11?,13?,14?,15-,16+/m0/s1. The van der Waals surface area contributed by atoms with E-state index in [-0.39, 0.29) is 18.1 Å². The highest BCUT2D eigenvalue weighted by molar-refractivity contribution is 6.57. The molecular weight excluding hydrogens is 289 g/mol. The first kappa shape index (κ1) is 18.5. The fraction of sp³-hybridized carbons (Fsp3) is 0.889. The fourth-order valence-electron chi connectivity index (χ4n) is 4.67. The minimum Gasteiger partial charge on any atom is -0.351 e. The van der Waals surface area contributed by atoms with Crippen LogP contribution in [0.15, 0.2) is 0 Å². The number of hydrogen-bond acceptors (Lipinski definition) is 3. The van der Waals surface area contributed by atoms with E-state index in [4.69, 9.17) is 12.6 Å². The Bertz CT molecular complexity index is 465. The van der Waals surface area contributed by atoms with E-state index in [1.54, 1.807) is 11.8 Å². The van der Waals surface area contributed by atoms with Gasteiger partial charge in [-0.2, -0.15) is 0 Å². The summed E-state index contributed by atoms with van der Waals surface area (Å²) >= 11 is 0. The summed E-state index contributed by atoms with van der Waals surface area (Å²) in [5.41, 5.74) is -0.676. The highest BCUT2D eigenvalue weighted by Crippen LogP contribution is 2.42. The summed E-state index contributed by atoms with van der Waals surface area (Å²) in [5, 5.41) is 0. The molecule has 0 aromatic rings. The molecular formula is C18H30BNO3. The molecule has 0 aromatic heterocycles. The molecule has 0 spiro atoms. The number of hydrogen-bond donors (Lipinski definition) is 0. The van der Waals surface area contributed by atoms with Crippen molar-refractivity contribution in [2.45, 2.75) is 84.6 Å². The molecule has 1 amide bonds. The molecule has 5 atom stereocenters. The Kier molecular flexibility index (Phi) is 5.60. The van der Waals surface area contributed by atoms with Crippen LogP contribution in [0, 0.1) is 17.8 Å². The maximum atomic E-state index is 12.1. The van der Waals surface area contributed by atoms with Gasteiger partial charge in [0, 0.05) is 5.92 Å². The van der Waals surface area contributed by atoms with Crippen molar-refractivity contribution in [2.24, 2.45) is 17.8 Å². The molecule has 1 aliphatic carbocycles. The van der Waals surface area contributed by atoms with Crippen molar-refractivity contribution in [3.05, 3.63) is 0 Å². The van der Waals surface area contributed by atoms with Gasteiger partial charge in [0.25, 0.3) is 0 Å². The molecule has 2 radical (unpaired) electrons. The molecule has 3 unspecified atom stereocenters. The monoisotopic (exact) mass is 319 g/mol. The van der Waals surface area contributed by atoms with Crippen molar-refractivity contribution < 1.29 is 14.3 Å². The Hall–Kier alpha value is -0.835. The third-order valence-corrected chi connectivity index (χ3v) is 5.75. The topological polar surface area (TPSA) is 46.6 Å². The minimum atomic E-state index is -0.676. The summed E-state index contributed by atoms with van der Waals surface area (Å²) in [6.45, 7) is 9.79. The smallest absolute Gasteiger partial charge is 0.200 e. The van der Waals surface area contributed by atoms with Gasteiger partial charge in [-0.1, -0.05) is 20.3 Å². The highest BCUT2D eigenvalue weighted by atomic mass is 16.5. The van der Waals surface area contributed by atoms with Gasteiger partial charge < -0.3 is 9.64 Å². The zero-order chi connectivity index (χ0) is 17.4. The molecule has 0 bridgehead atoms. The molecule has 0 N–H and O–H groups in total. The van der Waals surface area contributed by atoms with E-state index in [1.165, 1.54) is 6.42 Å². The molecule has 128 valence electrons. The summed E-state index contributed by atoms with van der Waals surface area (Å²) in [6.07, 6.45) is 4.82. The van der Waals surface area contributed by atoms with E-state index in [1.807, 2.05) is 13.8 Å². The average molecular weight is 319 g/mol. The van der Waals surface area contributed by atoms with Crippen LogP contribution in [0.5, 0.6) is 0 Å². The van der Waals surface area contributed by atoms with Gasteiger partial charge in [0.1, 0.15) is 11.5 Å². The lowest BCUT2D eigenvalue weighted by Gasteiger charge is -2.35. The summed E-state index contributed by atoms with van der Waals surface area (Å²) < 4.78 is 6.20. The normalized spacial score (nSPS) is 36.9. The molecule has 2 fully saturated rings. The fourth-order valence-corrected chi connectivity index (χ4v) is 4.67. The van der Waals surface area contributed by atoms with E-state index in [0.29, 0.717) is 17.6 Å². The maximum absolute atomic E-state index is 12.1. The Morgan fingerprint density at radius 1 is 1.30 bits per heavy atom. The van der Waals surface area contributed by atoms with Gasteiger partial charge >= 0.3 is 0 Å². The maximum Gasteiger partial charge on any atom is 0.200 e. The van der Waals surface area contributed by atoms with Gasteiger partial charge in [0.05, 0.1) is 12.1 Å². The van der Waals surface area contributed by atoms with E-state index in [2.05, 4.69) is 13.8 Å². The van der Waals surface area contributed by atoms with Crippen LogP contribution >= 0.6 is 0 Å². The quantitative estimate of drug-likeness (QED) is 0.745. The van der Waals surface area contributed by atoms with E-state index in [0.717, 1.165) is 25.7 Å². The molecule has 0 aromatic carbocycles. The second kappa shape index (κ2) is 6.96. The first-order chi connectivity index (χ1) is 10.7. The van der Waals surface area contributed by atoms with Crippen molar-refractivity contribution in [3.63, 3.8) is 0 Å². The van der Waals surface area contributed by atoms with Crippen molar-refractivity contribution in [3.8, 4) is 0 Å². The number of amides is 1. The molecule has 1 saturated carbocycles. The molecule has 1 saturated heterocycles. The predicted molar refractivity (Wildman–Crippen MR) is 91.3 cm³/mol. The van der Waals surface area contributed by atoms with E-state index < -0.39 is 11.5 Å². The molecule has 23 heavy (non-hydrogen) atoms. The zero-order valence-corrected chi connectivity index (χ0v) is 15.2. The van der Waals surface area contributed by atoms with Gasteiger partial charge in [-0.25, -0.2) is 0 Å². The number of ketones is 1. The van der Waals surface area contributed by atoms with Crippen LogP contribution in [-0.4, -0.2) is 42.2 Å². The number of nitrogens with zero attached hydrogens (tertiary/aromatic N) is 1. The van der Waals surface area contributed by atoms with Gasteiger partial charge in [-0.3, -0.25) is 9.59 Å². The van der Waals surface area contributed by atoms with Crippen LogP contribution in [0.1, 0.15) is 66.7 Å². The van der Waals surface area contributed by atoms with Crippen molar-refractivity contribution in [1.82, 2.24) is 4.90 Å². The first-order valence-electron chi connectivity index (χ1n) is 8.94. The van der Waals surface area contributed by atoms with E-state index in [9.17, 15) is 9.59 Å². The summed E-state index contributed by atoms with van der Waals surface area (Å²) in [4.78, 5) is 25.6. The predicted octanol–water partition coefficient (Wildman–Crippen LogP) is 3.52. The first-order valence-corrected chi connectivity index (χ1v) is 8.94. The third-order valence-electron chi connectivity index (χ3n) is 5.75. The molecule has 2 rings (SSSR count). The molecule has 2 aliphatic rings. The van der Waals surface area contributed by atoms with Gasteiger partial charge in [-0.15, -0.1) is 0 Å². The van der Waals surface area contributed by atoms with Crippen LogP contribution in [0.2, 0.25) is 0 Å². The molecule has 5 heteroatoms. The Morgan fingerprint density at radius 2 is 1.96 bits per heavy atom. The summed E-state index contributed by atoms with van der Waals surface area (Å²) in [7, 11) is 5.58. The SMILES string of the molecule is [B]C(=O)N1[C@@H](CC)[C@@H](CC2CCC(C)CC2C(C)=O)OC1(C)C. The van der Waals surface area contributed by atoms with Crippen LogP contribution in [0.3, 0.4) is 0 Å². The second-order valence-corrected chi connectivity index (χ2v) is 7.92. The Balaban J connectivity index is 2.15. The number of Topliss-reactive ketones (excluding diaryl/α,β-unsaturated/α-hetero) is 1. The van der Waals surface area contributed by atoms with Crippen molar-refractivity contribution in [2.75, 3.05) is 0 Å². The Morgan fingerprint density at radius 3 is 2.48 bits per heavy atom. The third kappa shape index (κ3) is 3.81. The van der Waals surface area contributed by atoms with Crippen LogP contribution < -0.4 is 0 Å². The molecule has 1 aliphatic heterocycles. The number of carbonyl (C=O) groups excluding carboxylic acids is 2.